The largest absolute Gasteiger partial charge is 0.496 e. The molecule has 0 spiro atoms. The minimum Gasteiger partial charge on any atom is -0.496 e. The molecule has 0 saturated heterocycles. The van der Waals surface area contributed by atoms with Crippen LogP contribution in [0, 0.1) is 17.8 Å². The van der Waals surface area contributed by atoms with E-state index >= 15 is 0 Å². The summed E-state index contributed by atoms with van der Waals surface area (Å²) in [7, 11) is 1.66. The average Bonchev–Trinajstić information content (AvgIpc) is 3.00. The molecule has 1 aromatic rings. The number of aliphatic hydroxyl groups excluding tert-OH is 1. The van der Waals surface area contributed by atoms with Crippen LogP contribution < -0.4 is 4.74 Å². The molecule has 4 atom stereocenters. The molecule has 0 radical (unpaired) electrons. The Labute approximate surface area is 123 Å². The lowest BCUT2D eigenvalue weighted by atomic mass is 9.83. The molecule has 3 rings (SSSR count). The number of hydrogen-bond donors (Lipinski definition) is 1. The van der Waals surface area contributed by atoms with Gasteiger partial charge in [-0.1, -0.05) is 28.4 Å². The lowest BCUT2D eigenvalue weighted by Gasteiger charge is -2.25. The number of benzene rings is 1. The van der Waals surface area contributed by atoms with Gasteiger partial charge in [0.05, 0.1) is 13.2 Å². The van der Waals surface area contributed by atoms with E-state index in [4.69, 9.17) is 4.74 Å². The van der Waals surface area contributed by atoms with Crippen molar-refractivity contribution < 1.29 is 9.84 Å². The number of halogens is 1. The molecule has 0 amide bonds. The first-order valence-electron chi connectivity index (χ1n) is 7.19. The normalized spacial score (nSPS) is 30.6. The van der Waals surface area contributed by atoms with Crippen LogP contribution in [0.2, 0.25) is 0 Å². The first-order valence-corrected chi connectivity index (χ1v) is 7.98. The topological polar surface area (TPSA) is 29.5 Å². The van der Waals surface area contributed by atoms with Crippen molar-refractivity contribution in [3.63, 3.8) is 0 Å². The smallest absolute Gasteiger partial charge is 0.125 e. The van der Waals surface area contributed by atoms with Gasteiger partial charge in [0, 0.05) is 10.0 Å². The summed E-state index contributed by atoms with van der Waals surface area (Å²) < 4.78 is 6.37. The molecule has 0 heterocycles. The summed E-state index contributed by atoms with van der Waals surface area (Å²) in [6.45, 7) is 0. The van der Waals surface area contributed by atoms with Crippen LogP contribution in [0.5, 0.6) is 5.75 Å². The van der Waals surface area contributed by atoms with E-state index in [2.05, 4.69) is 15.9 Å². The Bertz CT molecular complexity index is 460. The van der Waals surface area contributed by atoms with Crippen molar-refractivity contribution >= 4 is 15.9 Å². The van der Waals surface area contributed by atoms with Crippen LogP contribution in [0.25, 0.3) is 0 Å². The van der Waals surface area contributed by atoms with Crippen molar-refractivity contribution in [2.45, 2.75) is 38.2 Å². The zero-order chi connectivity index (χ0) is 13.4. The molecule has 0 aliphatic heterocycles. The molecule has 2 bridgehead atoms. The highest BCUT2D eigenvalue weighted by molar-refractivity contribution is 9.10. The average molecular weight is 325 g/mol. The molecule has 2 aliphatic carbocycles. The van der Waals surface area contributed by atoms with Gasteiger partial charge in [0.25, 0.3) is 0 Å². The van der Waals surface area contributed by atoms with E-state index < -0.39 is 6.10 Å². The molecule has 2 aliphatic rings. The van der Waals surface area contributed by atoms with Gasteiger partial charge in [0.15, 0.2) is 0 Å². The third kappa shape index (κ3) is 2.68. The van der Waals surface area contributed by atoms with E-state index in [1.807, 2.05) is 18.2 Å². The van der Waals surface area contributed by atoms with Crippen LogP contribution >= 0.6 is 15.9 Å². The maximum absolute atomic E-state index is 10.5. The standard InChI is InChI=1S/C16H21BrO2/c1-19-16-9-13(17)4-5-14(16)15(18)8-12-7-10-2-3-11(12)6-10/h4-5,9-12,15,18H,2-3,6-8H2,1H3. The van der Waals surface area contributed by atoms with Gasteiger partial charge in [-0.25, -0.2) is 0 Å². The fourth-order valence-electron chi connectivity index (χ4n) is 4.04. The van der Waals surface area contributed by atoms with Crippen molar-refractivity contribution in [1.29, 1.82) is 0 Å². The first-order chi connectivity index (χ1) is 9.17. The molecule has 104 valence electrons. The molecule has 2 fully saturated rings. The van der Waals surface area contributed by atoms with Crippen molar-refractivity contribution in [3.8, 4) is 5.75 Å². The summed E-state index contributed by atoms with van der Waals surface area (Å²) in [5.74, 6) is 3.29. The van der Waals surface area contributed by atoms with Gasteiger partial charge in [0.2, 0.25) is 0 Å². The third-order valence-corrected chi connectivity index (χ3v) is 5.46. The first kappa shape index (κ1) is 13.4. The van der Waals surface area contributed by atoms with Crippen LogP contribution in [0.4, 0.5) is 0 Å². The Balaban J connectivity index is 1.71. The monoisotopic (exact) mass is 324 g/mol. The fraction of sp³-hybridized carbons (Fsp3) is 0.625. The van der Waals surface area contributed by atoms with Crippen LogP contribution in [0.15, 0.2) is 22.7 Å². The molecule has 1 N–H and O–H groups in total. The molecule has 3 heteroatoms. The second-order valence-corrected chi connectivity index (χ2v) is 6.99. The summed E-state index contributed by atoms with van der Waals surface area (Å²) in [6.07, 6.45) is 6.00. The number of aliphatic hydroxyl groups is 1. The predicted molar refractivity (Wildman–Crippen MR) is 79.2 cm³/mol. The van der Waals surface area contributed by atoms with Crippen LogP contribution in [-0.2, 0) is 0 Å². The minimum absolute atomic E-state index is 0.396. The quantitative estimate of drug-likeness (QED) is 0.893. The van der Waals surface area contributed by atoms with Crippen molar-refractivity contribution in [3.05, 3.63) is 28.2 Å². The second kappa shape index (κ2) is 5.45. The van der Waals surface area contributed by atoms with E-state index in [1.165, 1.54) is 25.7 Å². The van der Waals surface area contributed by atoms with E-state index in [-0.39, 0.29) is 0 Å². The maximum atomic E-state index is 10.5. The van der Waals surface area contributed by atoms with Gasteiger partial charge >= 0.3 is 0 Å². The SMILES string of the molecule is COc1cc(Br)ccc1C(O)CC1CC2CCC1C2. The Morgan fingerprint density at radius 1 is 1.37 bits per heavy atom. The highest BCUT2D eigenvalue weighted by Gasteiger charge is 2.40. The lowest BCUT2D eigenvalue weighted by molar-refractivity contribution is 0.123. The van der Waals surface area contributed by atoms with Gasteiger partial charge in [0.1, 0.15) is 5.75 Å². The van der Waals surface area contributed by atoms with Crippen LogP contribution in [0.1, 0.15) is 43.8 Å². The van der Waals surface area contributed by atoms with Gasteiger partial charge in [-0.3, -0.25) is 0 Å². The molecule has 1 aromatic carbocycles. The highest BCUT2D eigenvalue weighted by atomic mass is 79.9. The van der Waals surface area contributed by atoms with Crippen molar-refractivity contribution in [1.82, 2.24) is 0 Å². The number of fused-ring (bicyclic) bond motifs is 2. The molecule has 0 aromatic heterocycles. The van der Waals surface area contributed by atoms with Gasteiger partial charge < -0.3 is 9.84 Å². The Kier molecular flexibility index (Phi) is 3.86. The fourth-order valence-corrected chi connectivity index (χ4v) is 4.38. The number of hydrogen-bond acceptors (Lipinski definition) is 2. The molecular formula is C16H21BrO2. The molecular weight excluding hydrogens is 304 g/mol. The Morgan fingerprint density at radius 3 is 2.84 bits per heavy atom. The van der Waals surface area contributed by atoms with E-state index in [9.17, 15) is 5.11 Å². The number of methoxy groups -OCH3 is 1. The molecule has 19 heavy (non-hydrogen) atoms. The molecule has 2 saturated carbocycles. The second-order valence-electron chi connectivity index (χ2n) is 6.07. The van der Waals surface area contributed by atoms with Crippen molar-refractivity contribution in [2.75, 3.05) is 7.11 Å². The molecule has 2 nitrogen and oxygen atoms in total. The molecule has 4 unspecified atom stereocenters. The van der Waals surface area contributed by atoms with Gasteiger partial charge in [-0.05, 0) is 55.6 Å². The third-order valence-electron chi connectivity index (χ3n) is 4.97. The summed E-state index contributed by atoms with van der Waals surface area (Å²) in [6, 6.07) is 5.88. The number of ether oxygens (including phenoxy) is 1. The summed E-state index contributed by atoms with van der Waals surface area (Å²) in [5, 5.41) is 10.5. The van der Waals surface area contributed by atoms with Gasteiger partial charge in [-0.15, -0.1) is 0 Å². The highest BCUT2D eigenvalue weighted by Crippen LogP contribution is 2.51. The van der Waals surface area contributed by atoms with E-state index in [1.54, 1.807) is 7.11 Å². The predicted octanol–water partition coefficient (Wildman–Crippen LogP) is 4.32. The summed E-state index contributed by atoms with van der Waals surface area (Å²) in [4.78, 5) is 0. The summed E-state index contributed by atoms with van der Waals surface area (Å²) in [5.41, 5.74) is 0.925. The summed E-state index contributed by atoms with van der Waals surface area (Å²) >= 11 is 3.44. The Morgan fingerprint density at radius 2 is 2.21 bits per heavy atom. The minimum atomic E-state index is -0.396. The zero-order valence-electron chi connectivity index (χ0n) is 11.3. The van der Waals surface area contributed by atoms with Gasteiger partial charge in [-0.2, -0.15) is 0 Å². The Hall–Kier alpha value is -0.540. The van der Waals surface area contributed by atoms with E-state index in [0.29, 0.717) is 5.92 Å². The zero-order valence-corrected chi connectivity index (χ0v) is 12.9. The maximum Gasteiger partial charge on any atom is 0.125 e. The van der Waals surface area contributed by atoms with E-state index in [0.717, 1.165) is 34.0 Å². The van der Waals surface area contributed by atoms with Crippen LogP contribution in [0.3, 0.4) is 0 Å². The number of rotatable bonds is 4. The van der Waals surface area contributed by atoms with Crippen molar-refractivity contribution in [2.24, 2.45) is 17.8 Å². The van der Waals surface area contributed by atoms with Crippen LogP contribution in [-0.4, -0.2) is 12.2 Å². The lowest BCUT2D eigenvalue weighted by Crippen LogP contribution is -2.14.